The summed E-state index contributed by atoms with van der Waals surface area (Å²) in [6.07, 6.45) is 1.89. The number of allylic oxidation sites excluding steroid dienone is 1. The second kappa shape index (κ2) is 5.61. The van der Waals surface area contributed by atoms with Crippen molar-refractivity contribution in [3.05, 3.63) is 46.1 Å². The molecule has 2 rings (SSSR count). The summed E-state index contributed by atoms with van der Waals surface area (Å²) < 4.78 is 7.97. The molecular weight excluding hydrogens is 306 g/mol. The maximum absolute atomic E-state index is 11.4. The maximum Gasteiger partial charge on any atom is 0.333 e. The molecule has 4 heteroatoms. The largest absolute Gasteiger partial charge is 0.466 e. The van der Waals surface area contributed by atoms with Crippen LogP contribution in [-0.2, 0) is 16.1 Å². The fourth-order valence-electron chi connectivity index (χ4n) is 2.10. The molecule has 19 heavy (non-hydrogen) atoms. The van der Waals surface area contributed by atoms with E-state index in [0.29, 0.717) is 12.1 Å². The van der Waals surface area contributed by atoms with Gasteiger partial charge in [-0.2, -0.15) is 0 Å². The molecule has 1 aromatic carbocycles. The van der Waals surface area contributed by atoms with Gasteiger partial charge in [0.1, 0.15) is 0 Å². The molecule has 0 unspecified atom stereocenters. The fourth-order valence-corrected chi connectivity index (χ4v) is 2.65. The van der Waals surface area contributed by atoms with Crippen LogP contribution < -0.4 is 0 Å². The third-order valence-electron chi connectivity index (χ3n) is 3.24. The van der Waals surface area contributed by atoms with Crippen LogP contribution in [0.3, 0.4) is 0 Å². The second-order valence-corrected chi connectivity index (χ2v) is 5.20. The first kappa shape index (κ1) is 13.9. The molecule has 2 aromatic rings. The Morgan fingerprint density at radius 3 is 2.79 bits per heavy atom. The number of carbonyl (C=O) groups excluding carboxylic acids is 1. The predicted octanol–water partition coefficient (Wildman–Crippen LogP) is 3.83. The Morgan fingerprint density at radius 1 is 1.42 bits per heavy atom. The number of esters is 1. The molecule has 0 amide bonds. The first-order valence-corrected chi connectivity index (χ1v) is 6.84. The van der Waals surface area contributed by atoms with Crippen molar-refractivity contribution in [2.45, 2.75) is 20.4 Å². The highest BCUT2D eigenvalue weighted by atomic mass is 79.9. The van der Waals surface area contributed by atoms with Crippen LogP contribution in [0.25, 0.3) is 10.9 Å². The first-order chi connectivity index (χ1) is 9.06. The highest BCUT2D eigenvalue weighted by molar-refractivity contribution is 9.10. The molecule has 0 spiro atoms. The molecule has 0 fully saturated rings. The van der Waals surface area contributed by atoms with Gasteiger partial charge >= 0.3 is 5.97 Å². The SMILES string of the molecule is COC(=O)C(C)=CCn1c(C)c(Br)c2ccccc21. The van der Waals surface area contributed by atoms with Gasteiger partial charge in [0.15, 0.2) is 0 Å². The minimum absolute atomic E-state index is 0.284. The molecule has 0 N–H and O–H groups in total. The molecule has 0 radical (unpaired) electrons. The Morgan fingerprint density at radius 2 is 2.11 bits per heavy atom. The number of para-hydroxylation sites is 1. The molecule has 1 aromatic heterocycles. The Labute approximate surface area is 121 Å². The van der Waals surface area contributed by atoms with Crippen LogP contribution in [0.15, 0.2) is 40.4 Å². The molecule has 3 nitrogen and oxygen atoms in total. The molecule has 1 heterocycles. The van der Waals surface area contributed by atoms with Crippen molar-refractivity contribution in [2.24, 2.45) is 0 Å². The summed E-state index contributed by atoms with van der Waals surface area (Å²) in [7, 11) is 1.40. The second-order valence-electron chi connectivity index (χ2n) is 4.41. The number of aromatic nitrogens is 1. The number of ether oxygens (including phenoxy) is 1. The van der Waals surface area contributed by atoms with Crippen molar-refractivity contribution >= 4 is 32.8 Å². The van der Waals surface area contributed by atoms with Gasteiger partial charge in [-0.25, -0.2) is 4.79 Å². The molecule has 100 valence electrons. The summed E-state index contributed by atoms with van der Waals surface area (Å²) in [6, 6.07) is 8.20. The van der Waals surface area contributed by atoms with Gasteiger partial charge in [-0.3, -0.25) is 0 Å². The lowest BCUT2D eigenvalue weighted by atomic mass is 10.2. The lowest BCUT2D eigenvalue weighted by molar-refractivity contribution is -0.136. The van der Waals surface area contributed by atoms with Crippen molar-refractivity contribution in [3.8, 4) is 0 Å². The summed E-state index contributed by atoms with van der Waals surface area (Å²) in [5, 5.41) is 1.18. The van der Waals surface area contributed by atoms with E-state index in [4.69, 9.17) is 4.74 Å². The molecule has 0 saturated carbocycles. The number of hydrogen-bond donors (Lipinski definition) is 0. The van der Waals surface area contributed by atoms with Gasteiger partial charge in [0.2, 0.25) is 0 Å². The van der Waals surface area contributed by atoms with E-state index in [-0.39, 0.29) is 5.97 Å². The summed E-state index contributed by atoms with van der Waals surface area (Å²) in [5.74, 6) is -0.284. The molecule has 0 atom stereocenters. The Hall–Kier alpha value is -1.55. The molecule has 0 bridgehead atoms. The van der Waals surface area contributed by atoms with Gasteiger partial charge in [0.05, 0.1) is 7.11 Å². The van der Waals surface area contributed by atoms with E-state index in [1.807, 2.05) is 18.2 Å². The van der Waals surface area contributed by atoms with E-state index >= 15 is 0 Å². The number of methoxy groups -OCH3 is 1. The average molecular weight is 322 g/mol. The topological polar surface area (TPSA) is 31.2 Å². The molecule has 0 aliphatic carbocycles. The number of carbonyl (C=O) groups is 1. The summed E-state index contributed by atoms with van der Waals surface area (Å²) in [4.78, 5) is 11.4. The van der Waals surface area contributed by atoms with Gasteiger partial charge in [-0.05, 0) is 35.8 Å². The zero-order valence-electron chi connectivity index (χ0n) is 11.2. The fraction of sp³-hybridized carbons (Fsp3) is 0.267. The Kier molecular flexibility index (Phi) is 4.10. The van der Waals surface area contributed by atoms with Crippen molar-refractivity contribution in [1.82, 2.24) is 4.57 Å². The van der Waals surface area contributed by atoms with Crippen molar-refractivity contribution in [3.63, 3.8) is 0 Å². The minimum Gasteiger partial charge on any atom is -0.466 e. The minimum atomic E-state index is -0.284. The first-order valence-electron chi connectivity index (χ1n) is 6.04. The maximum atomic E-state index is 11.4. The Bertz CT molecular complexity index is 655. The monoisotopic (exact) mass is 321 g/mol. The highest BCUT2D eigenvalue weighted by Gasteiger charge is 2.11. The number of benzene rings is 1. The van der Waals surface area contributed by atoms with Crippen LogP contribution in [0.2, 0.25) is 0 Å². The van der Waals surface area contributed by atoms with Gasteiger partial charge in [-0.1, -0.05) is 24.3 Å². The van der Waals surface area contributed by atoms with E-state index < -0.39 is 0 Å². The average Bonchev–Trinajstić information content (AvgIpc) is 2.68. The van der Waals surface area contributed by atoms with Crippen LogP contribution in [0.5, 0.6) is 0 Å². The van der Waals surface area contributed by atoms with E-state index in [1.54, 1.807) is 6.92 Å². The summed E-state index contributed by atoms with van der Waals surface area (Å²) in [5.41, 5.74) is 2.92. The van der Waals surface area contributed by atoms with Gasteiger partial charge in [-0.15, -0.1) is 0 Å². The predicted molar refractivity (Wildman–Crippen MR) is 80.1 cm³/mol. The molecule has 0 aliphatic heterocycles. The van der Waals surface area contributed by atoms with E-state index in [9.17, 15) is 4.79 Å². The number of rotatable bonds is 3. The van der Waals surface area contributed by atoms with Crippen molar-refractivity contribution in [2.75, 3.05) is 7.11 Å². The molecule has 0 aliphatic rings. The molecular formula is C15H16BrNO2. The third-order valence-corrected chi connectivity index (χ3v) is 4.24. The summed E-state index contributed by atoms with van der Waals surface area (Å²) >= 11 is 3.62. The number of fused-ring (bicyclic) bond motifs is 1. The Balaban J connectivity index is 2.41. The van der Waals surface area contributed by atoms with Crippen molar-refractivity contribution in [1.29, 1.82) is 0 Å². The van der Waals surface area contributed by atoms with Crippen LogP contribution in [0.4, 0.5) is 0 Å². The van der Waals surface area contributed by atoms with Crippen LogP contribution >= 0.6 is 15.9 Å². The van der Waals surface area contributed by atoms with E-state index in [0.717, 1.165) is 15.7 Å². The summed E-state index contributed by atoms with van der Waals surface area (Å²) in [6.45, 7) is 4.48. The smallest absolute Gasteiger partial charge is 0.333 e. The van der Waals surface area contributed by atoms with Crippen LogP contribution in [-0.4, -0.2) is 17.6 Å². The van der Waals surface area contributed by atoms with E-state index in [2.05, 4.69) is 39.6 Å². The zero-order valence-corrected chi connectivity index (χ0v) is 12.8. The lowest BCUT2D eigenvalue weighted by Crippen LogP contribution is -2.04. The van der Waals surface area contributed by atoms with Gasteiger partial charge < -0.3 is 9.30 Å². The van der Waals surface area contributed by atoms with Crippen LogP contribution in [0, 0.1) is 6.92 Å². The third kappa shape index (κ3) is 2.59. The van der Waals surface area contributed by atoms with Gasteiger partial charge in [0, 0.05) is 33.2 Å². The molecule has 0 saturated heterocycles. The normalized spacial score (nSPS) is 11.9. The van der Waals surface area contributed by atoms with Gasteiger partial charge in [0.25, 0.3) is 0 Å². The standard InChI is InChI=1S/C15H16BrNO2/c1-10(15(18)19-3)8-9-17-11(2)14(16)12-6-4-5-7-13(12)17/h4-8H,9H2,1-3H3. The highest BCUT2D eigenvalue weighted by Crippen LogP contribution is 2.30. The quantitative estimate of drug-likeness (QED) is 0.635. The number of nitrogens with zero attached hydrogens (tertiary/aromatic N) is 1. The number of halogens is 1. The lowest BCUT2D eigenvalue weighted by Gasteiger charge is -2.06. The zero-order chi connectivity index (χ0) is 14.0. The van der Waals surface area contributed by atoms with Crippen LogP contribution in [0.1, 0.15) is 12.6 Å². The van der Waals surface area contributed by atoms with Crippen molar-refractivity contribution < 1.29 is 9.53 Å². The number of hydrogen-bond acceptors (Lipinski definition) is 2. The van der Waals surface area contributed by atoms with E-state index in [1.165, 1.54) is 12.5 Å².